The summed E-state index contributed by atoms with van der Waals surface area (Å²) in [5.41, 5.74) is 16.8. The Morgan fingerprint density at radius 3 is 1.49 bits per heavy atom. The normalized spacial score (nSPS) is 14.6. The van der Waals surface area contributed by atoms with E-state index in [-0.39, 0.29) is 0 Å². The van der Waals surface area contributed by atoms with Crippen molar-refractivity contribution in [2.45, 2.75) is 5.41 Å². The van der Waals surface area contributed by atoms with Crippen LogP contribution in [0.4, 0.5) is 34.1 Å². The van der Waals surface area contributed by atoms with Gasteiger partial charge in [-0.25, -0.2) is 0 Å². The third kappa shape index (κ3) is 4.62. The monoisotopic (exact) mass is 700 g/mol. The average Bonchev–Trinajstić information content (AvgIpc) is 3.73. The quantitative estimate of drug-likeness (QED) is 0.170. The summed E-state index contributed by atoms with van der Waals surface area (Å²) in [5, 5.41) is 2.44. The minimum absolute atomic E-state index is 0.488. The van der Waals surface area contributed by atoms with Crippen LogP contribution in [0.25, 0.3) is 33.0 Å². The number of anilines is 6. The molecule has 2 aliphatic carbocycles. The van der Waals surface area contributed by atoms with Gasteiger partial charge in [0, 0.05) is 33.7 Å². The molecule has 0 N–H and O–H groups in total. The lowest BCUT2D eigenvalue weighted by Gasteiger charge is -2.32. The molecule has 9 aromatic rings. The molecule has 0 amide bonds. The molecule has 1 atom stereocenters. The van der Waals surface area contributed by atoms with Crippen LogP contribution >= 0.6 is 0 Å². The Labute approximate surface area is 321 Å². The highest BCUT2D eigenvalue weighted by atomic mass is 15.2. The topological polar surface area (TPSA) is 6.48 Å². The van der Waals surface area contributed by atoms with Crippen LogP contribution in [0.1, 0.15) is 22.3 Å². The molecule has 9 aromatic carbocycles. The van der Waals surface area contributed by atoms with Crippen molar-refractivity contribution in [3.8, 4) is 22.3 Å². The van der Waals surface area contributed by atoms with Gasteiger partial charge in [0.05, 0.1) is 16.8 Å². The molecule has 1 unspecified atom stereocenters. The molecule has 0 aliphatic heterocycles. The lowest BCUT2D eigenvalue weighted by atomic mass is 9.70. The van der Waals surface area contributed by atoms with E-state index in [1.54, 1.807) is 0 Å². The molecule has 2 nitrogen and oxygen atoms in total. The largest absolute Gasteiger partial charge is 0.310 e. The fourth-order valence-corrected chi connectivity index (χ4v) is 9.48. The summed E-state index contributed by atoms with van der Waals surface area (Å²) < 4.78 is 0. The first kappa shape index (κ1) is 31.4. The van der Waals surface area contributed by atoms with Crippen molar-refractivity contribution >= 4 is 44.9 Å². The molecule has 1 spiro atoms. The van der Waals surface area contributed by atoms with Gasteiger partial charge in [-0.2, -0.15) is 0 Å². The van der Waals surface area contributed by atoms with Crippen molar-refractivity contribution in [2.24, 2.45) is 0 Å². The van der Waals surface area contributed by atoms with Crippen LogP contribution in [0.15, 0.2) is 218 Å². The average molecular weight is 701 g/mol. The number of fused-ring (bicyclic) bond motifs is 11. The van der Waals surface area contributed by atoms with Gasteiger partial charge in [-0.05, 0) is 105 Å². The minimum Gasteiger partial charge on any atom is -0.310 e. The first-order valence-corrected chi connectivity index (χ1v) is 19.0. The summed E-state index contributed by atoms with van der Waals surface area (Å²) in [6, 6.07) is 79.9. The van der Waals surface area contributed by atoms with Crippen molar-refractivity contribution in [3.63, 3.8) is 0 Å². The Balaban J connectivity index is 1.19. The van der Waals surface area contributed by atoms with E-state index in [1.165, 1.54) is 61.0 Å². The molecule has 0 radical (unpaired) electrons. The van der Waals surface area contributed by atoms with Crippen molar-refractivity contribution in [3.05, 3.63) is 241 Å². The maximum absolute atomic E-state index is 2.47. The van der Waals surface area contributed by atoms with Crippen LogP contribution in [0.5, 0.6) is 0 Å². The fraction of sp³-hybridized carbons (Fsp3) is 0.0189. The second kappa shape index (κ2) is 12.5. The van der Waals surface area contributed by atoms with Crippen LogP contribution in [-0.4, -0.2) is 0 Å². The Hall–Kier alpha value is -7.16. The molecule has 2 heteroatoms. The van der Waals surface area contributed by atoms with Crippen molar-refractivity contribution in [2.75, 3.05) is 9.80 Å². The van der Waals surface area contributed by atoms with Gasteiger partial charge < -0.3 is 9.80 Å². The molecule has 0 aromatic heterocycles. The SMILES string of the molecule is c1ccc(N(c2ccccc2)c2ccc3c(c2)-c2ccccc2C32c3ccccc3-c3c(N(c4ccccc4)c4cccc5ccccc45)cccc32)cc1. The van der Waals surface area contributed by atoms with Gasteiger partial charge in [0.25, 0.3) is 0 Å². The zero-order chi connectivity index (χ0) is 36.3. The second-order valence-electron chi connectivity index (χ2n) is 14.4. The number of hydrogen-bond donors (Lipinski definition) is 0. The molecule has 2 aliphatic rings. The molecular formula is C53H36N2. The van der Waals surface area contributed by atoms with Crippen LogP contribution < -0.4 is 9.80 Å². The lowest BCUT2D eigenvalue weighted by molar-refractivity contribution is 0.793. The van der Waals surface area contributed by atoms with E-state index >= 15 is 0 Å². The number of hydrogen-bond acceptors (Lipinski definition) is 2. The lowest BCUT2D eigenvalue weighted by Crippen LogP contribution is -2.26. The van der Waals surface area contributed by atoms with Gasteiger partial charge in [-0.1, -0.05) is 158 Å². The molecule has 0 heterocycles. The fourth-order valence-electron chi connectivity index (χ4n) is 9.48. The zero-order valence-corrected chi connectivity index (χ0v) is 30.2. The van der Waals surface area contributed by atoms with E-state index in [4.69, 9.17) is 0 Å². The third-order valence-electron chi connectivity index (χ3n) is 11.6. The molecule has 11 rings (SSSR count). The highest BCUT2D eigenvalue weighted by molar-refractivity contribution is 6.05. The first-order valence-electron chi connectivity index (χ1n) is 19.0. The third-order valence-corrected chi connectivity index (χ3v) is 11.6. The predicted octanol–water partition coefficient (Wildman–Crippen LogP) is 14.1. The molecule has 0 bridgehead atoms. The van der Waals surface area contributed by atoms with Gasteiger partial charge in [0.2, 0.25) is 0 Å². The second-order valence-corrected chi connectivity index (χ2v) is 14.4. The van der Waals surface area contributed by atoms with Crippen LogP contribution in [0.2, 0.25) is 0 Å². The standard InChI is InChI=1S/C53H36N2/c1-4-20-38(21-5-1)54(39-22-6-2-7-23-39)41-34-35-48-45(36-41)43-27-12-14-29-46(43)53(48)47-30-15-13-28-44(47)52-49(53)31-17-33-51(52)55(40-24-8-3-9-25-40)50-32-16-19-37-18-10-11-26-42(37)50/h1-36H. The van der Waals surface area contributed by atoms with Crippen LogP contribution in [-0.2, 0) is 5.41 Å². The van der Waals surface area contributed by atoms with E-state index < -0.39 is 5.41 Å². The van der Waals surface area contributed by atoms with Crippen molar-refractivity contribution in [1.29, 1.82) is 0 Å². The maximum Gasteiger partial charge on any atom is 0.0726 e. The van der Waals surface area contributed by atoms with Crippen LogP contribution in [0.3, 0.4) is 0 Å². The van der Waals surface area contributed by atoms with Gasteiger partial charge >= 0.3 is 0 Å². The summed E-state index contributed by atoms with van der Waals surface area (Å²) >= 11 is 0. The van der Waals surface area contributed by atoms with E-state index in [2.05, 4.69) is 228 Å². The molecular weight excluding hydrogens is 665 g/mol. The van der Waals surface area contributed by atoms with Gasteiger partial charge in [-0.15, -0.1) is 0 Å². The summed E-state index contributed by atoms with van der Waals surface area (Å²) in [5.74, 6) is 0. The predicted molar refractivity (Wildman–Crippen MR) is 230 cm³/mol. The number of nitrogens with zero attached hydrogens (tertiary/aromatic N) is 2. The summed E-state index contributed by atoms with van der Waals surface area (Å²) in [4.78, 5) is 4.84. The van der Waals surface area contributed by atoms with Crippen LogP contribution in [0, 0.1) is 0 Å². The zero-order valence-electron chi connectivity index (χ0n) is 30.2. The Morgan fingerprint density at radius 1 is 0.291 bits per heavy atom. The van der Waals surface area contributed by atoms with Gasteiger partial charge in [-0.3, -0.25) is 0 Å². The minimum atomic E-state index is -0.488. The molecule has 55 heavy (non-hydrogen) atoms. The Kier molecular flexibility index (Phi) is 7.11. The van der Waals surface area contributed by atoms with Crippen molar-refractivity contribution < 1.29 is 0 Å². The van der Waals surface area contributed by atoms with Gasteiger partial charge in [0.1, 0.15) is 0 Å². The van der Waals surface area contributed by atoms with E-state index in [1.807, 2.05) is 0 Å². The van der Waals surface area contributed by atoms with Gasteiger partial charge in [0.15, 0.2) is 0 Å². The summed E-state index contributed by atoms with van der Waals surface area (Å²) in [7, 11) is 0. The maximum atomic E-state index is 2.47. The number of para-hydroxylation sites is 3. The molecule has 0 fully saturated rings. The summed E-state index contributed by atoms with van der Waals surface area (Å²) in [6.45, 7) is 0. The number of benzene rings is 9. The smallest absolute Gasteiger partial charge is 0.0726 e. The van der Waals surface area contributed by atoms with Crippen molar-refractivity contribution in [1.82, 2.24) is 0 Å². The van der Waals surface area contributed by atoms with E-state index in [9.17, 15) is 0 Å². The Morgan fingerprint density at radius 2 is 0.782 bits per heavy atom. The first-order chi connectivity index (χ1) is 27.3. The summed E-state index contributed by atoms with van der Waals surface area (Å²) in [6.07, 6.45) is 0. The van der Waals surface area contributed by atoms with E-state index in [0.717, 1.165) is 28.4 Å². The highest BCUT2D eigenvalue weighted by Crippen LogP contribution is 2.65. The van der Waals surface area contributed by atoms with E-state index in [0.29, 0.717) is 0 Å². The molecule has 0 saturated heterocycles. The molecule has 258 valence electrons. The number of rotatable bonds is 6. The molecule has 0 saturated carbocycles. The highest BCUT2D eigenvalue weighted by Gasteiger charge is 2.52. The Bertz CT molecular complexity index is 2840.